The van der Waals surface area contributed by atoms with Crippen molar-refractivity contribution in [3.63, 3.8) is 0 Å². The maximum atomic E-state index is 13.8. The Morgan fingerprint density at radius 2 is 1.38 bits per heavy atom. The average molecular weight is 753 g/mol. The summed E-state index contributed by atoms with van der Waals surface area (Å²) in [6.07, 6.45) is -0.377. The van der Waals surface area contributed by atoms with Gasteiger partial charge in [-0.1, -0.05) is 117 Å². The third-order valence-corrected chi connectivity index (χ3v) is 9.21. The quantitative estimate of drug-likeness (QED) is 0.108. The van der Waals surface area contributed by atoms with Gasteiger partial charge in [0.1, 0.15) is 23.9 Å². The van der Waals surface area contributed by atoms with E-state index in [1.54, 1.807) is 42.5 Å². The second-order valence-electron chi connectivity index (χ2n) is 14.1. The summed E-state index contributed by atoms with van der Waals surface area (Å²) in [5.41, 5.74) is 5.32. The van der Waals surface area contributed by atoms with Crippen LogP contribution < -0.4 is 20.1 Å². The van der Waals surface area contributed by atoms with Crippen LogP contribution in [0.1, 0.15) is 70.6 Å². The number of amides is 2. The van der Waals surface area contributed by atoms with Gasteiger partial charge in [0.15, 0.2) is 0 Å². The lowest BCUT2D eigenvalue weighted by atomic mass is 9.87. The normalized spacial score (nSPS) is 11.6. The lowest BCUT2D eigenvalue weighted by molar-refractivity contribution is -0.137. The van der Waals surface area contributed by atoms with Crippen molar-refractivity contribution in [2.24, 2.45) is 0 Å². The van der Waals surface area contributed by atoms with Crippen LogP contribution in [0.3, 0.4) is 0 Å². The lowest BCUT2D eigenvalue weighted by Crippen LogP contribution is -2.31. The van der Waals surface area contributed by atoms with E-state index in [1.807, 2.05) is 66.7 Å². The van der Waals surface area contributed by atoms with Crippen LogP contribution in [0.25, 0.3) is 11.1 Å². The number of carbonyl (C=O) groups excluding carboxylic acids is 2. The van der Waals surface area contributed by atoms with E-state index in [1.165, 1.54) is 17.7 Å². The first-order valence-electron chi connectivity index (χ1n) is 17.8. The second kappa shape index (κ2) is 17.2. The molecule has 0 spiro atoms. The van der Waals surface area contributed by atoms with E-state index in [0.717, 1.165) is 16.7 Å². The van der Waals surface area contributed by atoms with Gasteiger partial charge in [-0.25, -0.2) is 0 Å². The number of carbonyl (C=O) groups is 3. The molecule has 0 heterocycles. The first-order valence-corrected chi connectivity index (χ1v) is 18.2. The predicted molar refractivity (Wildman–Crippen MR) is 216 cm³/mol. The Morgan fingerprint density at radius 1 is 0.727 bits per heavy atom. The van der Waals surface area contributed by atoms with Gasteiger partial charge in [-0.15, -0.1) is 0 Å². The number of rotatable bonds is 13. The summed E-state index contributed by atoms with van der Waals surface area (Å²) in [7, 11) is 0. The van der Waals surface area contributed by atoms with Gasteiger partial charge in [-0.05, 0) is 88.3 Å². The van der Waals surface area contributed by atoms with Crippen LogP contribution in [0, 0.1) is 0 Å². The first kappa shape index (κ1) is 38.3. The lowest BCUT2D eigenvalue weighted by Gasteiger charge is -2.20. The number of benzene rings is 6. The summed E-state index contributed by atoms with van der Waals surface area (Å²) in [6, 6.07) is 43.0. The zero-order chi connectivity index (χ0) is 39.0. The highest BCUT2D eigenvalue weighted by Crippen LogP contribution is 2.33. The fraction of sp³-hybridized carbons (Fsp3) is 0.152. The Labute approximate surface area is 325 Å². The zero-order valence-corrected chi connectivity index (χ0v) is 31.5. The SMILES string of the molecule is CC(C)(C)c1ccc(COc2ccccc2-c2ccc(C(CC(=O)O)NC(=O)c3cc(Cl)ccc3NC(=O)c3ccc(Oc4ccccc4)cc3)cc2)cc1. The topological polar surface area (TPSA) is 114 Å². The molecule has 278 valence electrons. The number of carboxylic acids is 1. The molecule has 0 aliphatic carbocycles. The largest absolute Gasteiger partial charge is 0.488 e. The summed E-state index contributed by atoms with van der Waals surface area (Å²) in [5, 5.41) is 15.7. The van der Waals surface area contributed by atoms with Gasteiger partial charge in [-0.2, -0.15) is 0 Å². The molecular formula is C46H41ClN2O6. The van der Waals surface area contributed by atoms with E-state index >= 15 is 0 Å². The minimum absolute atomic E-state index is 0.0637. The van der Waals surface area contributed by atoms with Gasteiger partial charge >= 0.3 is 5.97 Å². The maximum Gasteiger partial charge on any atom is 0.305 e. The van der Waals surface area contributed by atoms with Crippen LogP contribution in [0.15, 0.2) is 146 Å². The van der Waals surface area contributed by atoms with Crippen molar-refractivity contribution in [1.29, 1.82) is 0 Å². The van der Waals surface area contributed by atoms with Crippen molar-refractivity contribution in [1.82, 2.24) is 5.32 Å². The van der Waals surface area contributed by atoms with E-state index in [4.69, 9.17) is 21.1 Å². The minimum Gasteiger partial charge on any atom is -0.488 e. The standard InChI is InChI=1S/C46H41ClN2O6/c1-46(2,3)34-21-13-30(14-22-34)29-54-42-12-8-7-11-38(42)31-15-17-32(18-16-31)41(28-43(50)51)49-45(53)39-27-35(47)23-26-40(39)48-44(52)33-19-24-37(25-20-33)55-36-9-5-4-6-10-36/h4-27,41H,28-29H2,1-3H3,(H,48,52)(H,49,53)(H,50,51). The van der Waals surface area contributed by atoms with Crippen molar-refractivity contribution >= 4 is 35.1 Å². The minimum atomic E-state index is -1.09. The molecule has 6 aromatic carbocycles. The highest BCUT2D eigenvalue weighted by atomic mass is 35.5. The number of halogens is 1. The number of nitrogens with one attached hydrogen (secondary N) is 2. The van der Waals surface area contributed by atoms with Crippen molar-refractivity contribution < 1.29 is 29.0 Å². The molecule has 0 aliphatic rings. The summed E-state index contributed by atoms with van der Waals surface area (Å²) >= 11 is 6.29. The fourth-order valence-electron chi connectivity index (χ4n) is 5.96. The summed E-state index contributed by atoms with van der Waals surface area (Å²) in [4.78, 5) is 39.0. The van der Waals surface area contributed by atoms with Gasteiger partial charge in [0.2, 0.25) is 0 Å². The Morgan fingerprint density at radius 3 is 2.05 bits per heavy atom. The monoisotopic (exact) mass is 752 g/mol. The molecular weight excluding hydrogens is 712 g/mol. The molecule has 6 rings (SSSR count). The van der Waals surface area contributed by atoms with Gasteiger partial charge in [0.25, 0.3) is 11.8 Å². The van der Waals surface area contributed by atoms with E-state index in [9.17, 15) is 19.5 Å². The van der Waals surface area contributed by atoms with Crippen molar-refractivity contribution in [2.75, 3.05) is 5.32 Å². The van der Waals surface area contributed by atoms with E-state index < -0.39 is 23.8 Å². The molecule has 0 aliphatic heterocycles. The number of aliphatic carboxylic acids is 1. The number of hydrogen-bond donors (Lipinski definition) is 3. The summed E-state index contributed by atoms with van der Waals surface area (Å²) in [6.45, 7) is 6.94. The Balaban J connectivity index is 1.15. The van der Waals surface area contributed by atoms with E-state index in [0.29, 0.717) is 35.0 Å². The molecule has 0 saturated carbocycles. The van der Waals surface area contributed by atoms with Crippen molar-refractivity contribution in [2.45, 2.75) is 45.3 Å². The maximum absolute atomic E-state index is 13.8. The predicted octanol–water partition coefficient (Wildman–Crippen LogP) is 10.9. The summed E-state index contributed by atoms with van der Waals surface area (Å²) < 4.78 is 12.1. The molecule has 1 unspecified atom stereocenters. The smallest absolute Gasteiger partial charge is 0.305 e. The first-order chi connectivity index (χ1) is 26.4. The molecule has 3 N–H and O–H groups in total. The zero-order valence-electron chi connectivity index (χ0n) is 30.7. The van der Waals surface area contributed by atoms with Gasteiger partial charge in [-0.3, -0.25) is 14.4 Å². The highest BCUT2D eigenvalue weighted by Gasteiger charge is 2.23. The molecule has 0 bridgehead atoms. The van der Waals surface area contributed by atoms with Crippen LogP contribution in [-0.4, -0.2) is 22.9 Å². The van der Waals surface area contributed by atoms with Gasteiger partial charge in [0.05, 0.1) is 23.7 Å². The number of para-hydroxylation sites is 2. The molecule has 2 amide bonds. The third kappa shape index (κ3) is 10.2. The van der Waals surface area contributed by atoms with Crippen molar-refractivity contribution in [3.05, 3.63) is 178 Å². The number of ether oxygens (including phenoxy) is 2. The number of hydrogen-bond acceptors (Lipinski definition) is 5. The number of carboxylic acid groups (broad SMARTS) is 1. The third-order valence-electron chi connectivity index (χ3n) is 8.98. The van der Waals surface area contributed by atoms with Crippen molar-refractivity contribution in [3.8, 4) is 28.4 Å². The van der Waals surface area contributed by atoms with Crippen LogP contribution >= 0.6 is 11.6 Å². The summed E-state index contributed by atoms with van der Waals surface area (Å²) in [5.74, 6) is -0.224. The molecule has 0 saturated heterocycles. The second-order valence-corrected chi connectivity index (χ2v) is 14.5. The van der Waals surface area contributed by atoms with Crippen LogP contribution in [0.5, 0.6) is 17.2 Å². The van der Waals surface area contributed by atoms with E-state index in [-0.39, 0.29) is 28.1 Å². The van der Waals surface area contributed by atoms with E-state index in [2.05, 4.69) is 55.7 Å². The van der Waals surface area contributed by atoms with Crippen LogP contribution in [-0.2, 0) is 16.8 Å². The number of anilines is 1. The average Bonchev–Trinajstić information content (AvgIpc) is 3.18. The molecule has 9 heteroatoms. The molecule has 8 nitrogen and oxygen atoms in total. The Hall–Kier alpha value is -6.38. The molecule has 1 atom stereocenters. The van der Waals surface area contributed by atoms with Gasteiger partial charge in [0, 0.05) is 16.1 Å². The highest BCUT2D eigenvalue weighted by molar-refractivity contribution is 6.31. The Bertz CT molecular complexity index is 2270. The van der Waals surface area contributed by atoms with Crippen LogP contribution in [0.4, 0.5) is 5.69 Å². The van der Waals surface area contributed by atoms with Crippen LogP contribution in [0.2, 0.25) is 5.02 Å². The molecule has 0 aromatic heterocycles. The van der Waals surface area contributed by atoms with Gasteiger partial charge < -0.3 is 25.2 Å². The Kier molecular flexibility index (Phi) is 12.0. The molecule has 0 radical (unpaired) electrons. The molecule has 55 heavy (non-hydrogen) atoms. The molecule has 0 fully saturated rings. The molecule has 6 aromatic rings. The fourth-order valence-corrected chi connectivity index (χ4v) is 6.13.